The maximum Gasteiger partial charge on any atom is 0.335 e. The van der Waals surface area contributed by atoms with Crippen molar-refractivity contribution in [1.82, 2.24) is 4.72 Å². The van der Waals surface area contributed by atoms with E-state index in [0.29, 0.717) is 12.8 Å². The van der Waals surface area contributed by atoms with Crippen LogP contribution in [0.5, 0.6) is 5.75 Å². The third-order valence-corrected chi connectivity index (χ3v) is 4.83. The summed E-state index contributed by atoms with van der Waals surface area (Å²) in [6, 6.07) is 3.52. The zero-order valence-corrected chi connectivity index (χ0v) is 11.6. The lowest BCUT2D eigenvalue weighted by Crippen LogP contribution is -2.39. The number of nitrogens with one attached hydrogen (secondary N) is 1. The highest BCUT2D eigenvalue weighted by atomic mass is 32.2. The van der Waals surface area contributed by atoms with Gasteiger partial charge in [0.15, 0.2) is 0 Å². The van der Waals surface area contributed by atoms with Gasteiger partial charge in [-0.15, -0.1) is 0 Å². The van der Waals surface area contributed by atoms with Gasteiger partial charge in [0.2, 0.25) is 10.0 Å². The average molecular weight is 301 g/mol. The molecule has 0 aromatic heterocycles. The third-order valence-electron chi connectivity index (χ3n) is 3.21. The number of aromatic carboxylic acids is 1. The van der Waals surface area contributed by atoms with Crippen LogP contribution in [0.3, 0.4) is 0 Å². The molecule has 1 saturated carbocycles. The quantitative estimate of drug-likeness (QED) is 0.691. The van der Waals surface area contributed by atoms with Crippen LogP contribution in [0.25, 0.3) is 0 Å². The van der Waals surface area contributed by atoms with Gasteiger partial charge < -0.3 is 14.9 Å². The fraction of sp³-hybridized carbons (Fsp3) is 0.417. The number of carboxylic acids is 1. The van der Waals surface area contributed by atoms with Crippen molar-refractivity contribution >= 4 is 16.0 Å². The minimum atomic E-state index is -3.88. The molecular formula is C12H15NO6S. The van der Waals surface area contributed by atoms with Gasteiger partial charge in [-0.2, -0.15) is 0 Å². The van der Waals surface area contributed by atoms with Crippen LogP contribution in [0, 0.1) is 0 Å². The van der Waals surface area contributed by atoms with Gasteiger partial charge in [-0.05, 0) is 31.0 Å². The number of hydrogen-bond donors (Lipinski definition) is 3. The lowest BCUT2D eigenvalue weighted by Gasteiger charge is -2.16. The number of ether oxygens (including phenoxy) is 1. The first kappa shape index (κ1) is 14.8. The maximum absolute atomic E-state index is 12.3. The molecule has 3 N–H and O–H groups in total. The van der Waals surface area contributed by atoms with E-state index < -0.39 is 21.5 Å². The summed E-state index contributed by atoms with van der Waals surface area (Å²) in [6.07, 6.45) is 1.14. The maximum atomic E-state index is 12.3. The summed E-state index contributed by atoms with van der Waals surface area (Å²) in [6.45, 7) is -0.276. The first-order chi connectivity index (χ1) is 9.33. The predicted octanol–water partition coefficient (Wildman–Crippen LogP) is 0.197. The topological polar surface area (TPSA) is 113 Å². The Morgan fingerprint density at radius 2 is 2.10 bits per heavy atom. The van der Waals surface area contributed by atoms with Crippen molar-refractivity contribution < 1.29 is 28.2 Å². The molecule has 0 bridgehead atoms. The second-order valence-electron chi connectivity index (χ2n) is 4.71. The van der Waals surface area contributed by atoms with E-state index in [0.717, 1.165) is 6.07 Å². The molecule has 1 fully saturated rings. The highest BCUT2D eigenvalue weighted by molar-refractivity contribution is 7.89. The summed E-state index contributed by atoms with van der Waals surface area (Å²) in [7, 11) is -2.62. The highest BCUT2D eigenvalue weighted by Crippen LogP contribution is 2.37. The molecule has 0 spiro atoms. The highest BCUT2D eigenvalue weighted by Gasteiger charge is 2.46. The Balaban J connectivity index is 2.38. The zero-order chi connectivity index (χ0) is 15.0. The van der Waals surface area contributed by atoms with Crippen LogP contribution in [0.2, 0.25) is 0 Å². The van der Waals surface area contributed by atoms with Crippen LogP contribution in [-0.4, -0.2) is 43.9 Å². The number of methoxy groups -OCH3 is 1. The van der Waals surface area contributed by atoms with E-state index in [1.807, 2.05) is 0 Å². The Morgan fingerprint density at radius 1 is 1.45 bits per heavy atom. The third kappa shape index (κ3) is 2.77. The Morgan fingerprint density at radius 3 is 2.55 bits per heavy atom. The Kier molecular flexibility index (Phi) is 3.72. The largest absolute Gasteiger partial charge is 0.495 e. The zero-order valence-electron chi connectivity index (χ0n) is 10.8. The smallest absolute Gasteiger partial charge is 0.335 e. The molecule has 1 aromatic carbocycles. The van der Waals surface area contributed by atoms with Crippen LogP contribution in [0.4, 0.5) is 0 Å². The molecule has 20 heavy (non-hydrogen) atoms. The van der Waals surface area contributed by atoms with Gasteiger partial charge >= 0.3 is 5.97 Å². The predicted molar refractivity (Wildman–Crippen MR) is 69.3 cm³/mol. The standard InChI is InChI=1S/C12H15NO6S/c1-19-9-6-8(11(15)16)2-3-10(9)20(17,18)13-12(7-14)4-5-12/h2-3,6,13-14H,4-5,7H2,1H3,(H,15,16). The molecule has 7 nitrogen and oxygen atoms in total. The number of rotatable bonds is 6. The minimum Gasteiger partial charge on any atom is -0.495 e. The second kappa shape index (κ2) is 5.04. The number of benzene rings is 1. The monoisotopic (exact) mass is 301 g/mol. The fourth-order valence-corrected chi connectivity index (χ4v) is 3.41. The summed E-state index contributed by atoms with van der Waals surface area (Å²) in [5, 5.41) is 18.1. The van der Waals surface area contributed by atoms with Gasteiger partial charge in [-0.1, -0.05) is 0 Å². The van der Waals surface area contributed by atoms with E-state index in [4.69, 9.17) is 9.84 Å². The molecule has 1 aliphatic rings. The SMILES string of the molecule is COc1cc(C(=O)O)ccc1S(=O)(=O)NC1(CO)CC1. The number of aliphatic hydroxyl groups is 1. The number of hydrogen-bond acceptors (Lipinski definition) is 5. The van der Waals surface area contributed by atoms with Crippen LogP contribution >= 0.6 is 0 Å². The minimum absolute atomic E-state index is 0.0499. The molecule has 0 saturated heterocycles. The Labute approximate surface area is 116 Å². The van der Waals surface area contributed by atoms with E-state index >= 15 is 0 Å². The molecule has 8 heteroatoms. The molecule has 1 aromatic rings. The Hall–Kier alpha value is -1.64. The summed E-state index contributed by atoms with van der Waals surface area (Å²) in [5.74, 6) is -1.22. The Bertz CT molecular complexity index is 635. The van der Waals surface area contributed by atoms with Crippen molar-refractivity contribution in [2.24, 2.45) is 0 Å². The molecule has 0 heterocycles. The molecular weight excluding hydrogens is 286 g/mol. The van der Waals surface area contributed by atoms with Crippen LogP contribution in [0.1, 0.15) is 23.2 Å². The van der Waals surface area contributed by atoms with Gasteiger partial charge in [0, 0.05) is 0 Å². The van der Waals surface area contributed by atoms with Gasteiger partial charge in [0.05, 0.1) is 24.8 Å². The van der Waals surface area contributed by atoms with E-state index in [1.165, 1.54) is 19.2 Å². The van der Waals surface area contributed by atoms with Gasteiger partial charge in [0.25, 0.3) is 0 Å². The van der Waals surface area contributed by atoms with Crippen molar-refractivity contribution in [1.29, 1.82) is 0 Å². The van der Waals surface area contributed by atoms with Gasteiger partial charge in [-0.3, -0.25) is 0 Å². The van der Waals surface area contributed by atoms with E-state index in [2.05, 4.69) is 4.72 Å². The van der Waals surface area contributed by atoms with Crippen molar-refractivity contribution in [3.63, 3.8) is 0 Å². The lowest BCUT2D eigenvalue weighted by atomic mass is 10.2. The van der Waals surface area contributed by atoms with Crippen molar-refractivity contribution in [2.75, 3.05) is 13.7 Å². The van der Waals surface area contributed by atoms with Crippen molar-refractivity contribution in [2.45, 2.75) is 23.3 Å². The molecule has 0 aliphatic heterocycles. The van der Waals surface area contributed by atoms with Crippen molar-refractivity contribution in [3.05, 3.63) is 23.8 Å². The normalized spacial score (nSPS) is 16.7. The molecule has 1 aliphatic carbocycles. The molecule has 0 amide bonds. The van der Waals surface area contributed by atoms with Crippen LogP contribution < -0.4 is 9.46 Å². The van der Waals surface area contributed by atoms with Gasteiger partial charge in [-0.25, -0.2) is 17.9 Å². The molecule has 0 radical (unpaired) electrons. The van der Waals surface area contributed by atoms with E-state index in [9.17, 15) is 18.3 Å². The number of aliphatic hydroxyl groups excluding tert-OH is 1. The fourth-order valence-electron chi connectivity index (χ4n) is 1.81. The number of carbonyl (C=O) groups is 1. The van der Waals surface area contributed by atoms with Crippen LogP contribution in [0.15, 0.2) is 23.1 Å². The van der Waals surface area contributed by atoms with Gasteiger partial charge in [0.1, 0.15) is 10.6 Å². The summed E-state index contributed by atoms with van der Waals surface area (Å²) in [5.41, 5.74) is -0.862. The van der Waals surface area contributed by atoms with Crippen LogP contribution in [-0.2, 0) is 10.0 Å². The van der Waals surface area contributed by atoms with E-state index in [-0.39, 0.29) is 22.8 Å². The molecule has 110 valence electrons. The second-order valence-corrected chi connectivity index (χ2v) is 6.37. The molecule has 2 rings (SSSR count). The summed E-state index contributed by atoms with van der Waals surface area (Å²) >= 11 is 0. The number of sulfonamides is 1. The lowest BCUT2D eigenvalue weighted by molar-refractivity contribution is 0.0696. The average Bonchev–Trinajstić information content (AvgIpc) is 3.17. The first-order valence-corrected chi connectivity index (χ1v) is 7.38. The molecule has 0 atom stereocenters. The van der Waals surface area contributed by atoms with E-state index in [1.54, 1.807) is 0 Å². The summed E-state index contributed by atoms with van der Waals surface area (Å²) in [4.78, 5) is 10.7. The summed E-state index contributed by atoms with van der Waals surface area (Å²) < 4.78 is 31.9. The molecule has 0 unspecified atom stereocenters. The first-order valence-electron chi connectivity index (χ1n) is 5.90. The van der Waals surface area contributed by atoms with Crippen molar-refractivity contribution in [3.8, 4) is 5.75 Å². The number of carboxylic acid groups (broad SMARTS) is 1.